The van der Waals surface area contributed by atoms with E-state index in [1.807, 2.05) is 25.1 Å². The van der Waals surface area contributed by atoms with Gasteiger partial charge in [-0.1, -0.05) is 12.1 Å². The fourth-order valence-electron chi connectivity index (χ4n) is 1.10. The zero-order chi connectivity index (χ0) is 10.6. The summed E-state index contributed by atoms with van der Waals surface area (Å²) in [4.78, 5) is 11.3. The Morgan fingerprint density at radius 2 is 2.21 bits per heavy atom. The topological polar surface area (TPSA) is 41.1 Å². The van der Waals surface area contributed by atoms with Crippen LogP contribution in [-0.4, -0.2) is 19.5 Å². The maximum absolute atomic E-state index is 11.3. The quantitative estimate of drug-likeness (QED) is 0.868. The first-order valence-electron chi connectivity index (χ1n) is 4.34. The van der Waals surface area contributed by atoms with Gasteiger partial charge in [0.25, 0.3) is 0 Å². The lowest BCUT2D eigenvalue weighted by Gasteiger charge is -2.08. The van der Waals surface area contributed by atoms with Gasteiger partial charge in [-0.3, -0.25) is 4.79 Å². The number of likely N-dealkylation sites (N-methyl/N-ethyl adjacent to an activating group) is 1. The number of amides is 1. The molecule has 4 heteroatoms. The molecule has 0 heterocycles. The zero-order valence-electron chi connectivity index (χ0n) is 8.23. The molecule has 0 aliphatic carbocycles. The minimum Gasteiger partial charge on any atom is -0.324 e. The van der Waals surface area contributed by atoms with Crippen molar-refractivity contribution in [1.29, 1.82) is 0 Å². The van der Waals surface area contributed by atoms with Crippen LogP contribution < -0.4 is 10.6 Å². The molecule has 14 heavy (non-hydrogen) atoms. The van der Waals surface area contributed by atoms with Gasteiger partial charge in [-0.15, -0.1) is 0 Å². The van der Waals surface area contributed by atoms with Gasteiger partial charge >= 0.3 is 0 Å². The molecule has 0 saturated carbocycles. The Hall–Kier alpha value is -0.870. The van der Waals surface area contributed by atoms with Crippen LogP contribution in [0.1, 0.15) is 5.56 Å². The second-order valence-corrected chi connectivity index (χ2v) is 3.81. The van der Waals surface area contributed by atoms with Crippen LogP contribution in [0.4, 0.5) is 5.69 Å². The molecular formula is C10H13BrN2O. The number of aryl methyl sites for hydroxylation is 1. The number of hydrogen-bond donors (Lipinski definition) is 2. The first-order valence-corrected chi connectivity index (χ1v) is 5.14. The summed E-state index contributed by atoms with van der Waals surface area (Å²) in [6.45, 7) is 2.30. The van der Waals surface area contributed by atoms with E-state index in [-0.39, 0.29) is 5.91 Å². The van der Waals surface area contributed by atoms with Crippen molar-refractivity contribution in [2.24, 2.45) is 0 Å². The highest BCUT2D eigenvalue weighted by molar-refractivity contribution is 9.10. The number of hydrogen-bond acceptors (Lipinski definition) is 2. The molecular weight excluding hydrogens is 244 g/mol. The van der Waals surface area contributed by atoms with Crippen molar-refractivity contribution in [3.8, 4) is 0 Å². The minimum absolute atomic E-state index is 0.0428. The van der Waals surface area contributed by atoms with E-state index >= 15 is 0 Å². The first kappa shape index (κ1) is 11.2. The maximum atomic E-state index is 11.3. The predicted molar refractivity (Wildman–Crippen MR) is 61.4 cm³/mol. The molecule has 0 radical (unpaired) electrons. The van der Waals surface area contributed by atoms with Gasteiger partial charge in [0.05, 0.1) is 12.2 Å². The van der Waals surface area contributed by atoms with Crippen LogP contribution in [-0.2, 0) is 4.79 Å². The molecule has 1 aromatic carbocycles. The third-order valence-electron chi connectivity index (χ3n) is 1.80. The van der Waals surface area contributed by atoms with Crippen molar-refractivity contribution >= 4 is 27.5 Å². The first-order chi connectivity index (χ1) is 6.65. The molecule has 1 rings (SSSR count). The molecule has 0 aliphatic rings. The number of nitrogens with one attached hydrogen (secondary N) is 2. The van der Waals surface area contributed by atoms with Gasteiger partial charge < -0.3 is 10.6 Å². The van der Waals surface area contributed by atoms with Gasteiger partial charge in [-0.25, -0.2) is 0 Å². The fourth-order valence-corrected chi connectivity index (χ4v) is 1.46. The Bertz CT molecular complexity index is 339. The van der Waals surface area contributed by atoms with Crippen molar-refractivity contribution < 1.29 is 4.79 Å². The Kier molecular flexibility index (Phi) is 4.10. The molecule has 3 nitrogen and oxygen atoms in total. The molecule has 76 valence electrons. The molecule has 0 fully saturated rings. The fraction of sp³-hybridized carbons (Fsp3) is 0.300. The van der Waals surface area contributed by atoms with Gasteiger partial charge in [0.15, 0.2) is 0 Å². The molecule has 0 bridgehead atoms. The summed E-state index contributed by atoms with van der Waals surface area (Å²) in [5.74, 6) is -0.0428. The molecule has 1 amide bonds. The van der Waals surface area contributed by atoms with Crippen LogP contribution in [0.5, 0.6) is 0 Å². The minimum atomic E-state index is -0.0428. The van der Waals surface area contributed by atoms with E-state index in [9.17, 15) is 4.79 Å². The summed E-state index contributed by atoms with van der Waals surface area (Å²) in [6.07, 6.45) is 0. The molecule has 1 aromatic rings. The van der Waals surface area contributed by atoms with E-state index in [1.165, 1.54) is 0 Å². The molecule has 0 aliphatic heterocycles. The molecule has 2 N–H and O–H groups in total. The predicted octanol–water partition coefficient (Wildman–Crippen LogP) is 1.92. The van der Waals surface area contributed by atoms with Crippen molar-refractivity contribution in [3.05, 3.63) is 28.2 Å². The van der Waals surface area contributed by atoms with Gasteiger partial charge in [0, 0.05) is 4.47 Å². The number of anilines is 1. The average Bonchev–Trinajstić information content (AvgIpc) is 2.13. The van der Waals surface area contributed by atoms with Crippen LogP contribution in [0, 0.1) is 6.92 Å². The Morgan fingerprint density at radius 1 is 1.50 bits per heavy atom. The SMILES string of the molecule is CNCC(=O)Nc1cccc(C)c1Br. The Labute approximate surface area is 92.0 Å². The lowest BCUT2D eigenvalue weighted by Crippen LogP contribution is -2.25. The van der Waals surface area contributed by atoms with E-state index in [0.29, 0.717) is 6.54 Å². The van der Waals surface area contributed by atoms with Crippen LogP contribution in [0.3, 0.4) is 0 Å². The number of halogens is 1. The second-order valence-electron chi connectivity index (χ2n) is 3.01. The lowest BCUT2D eigenvalue weighted by molar-refractivity contribution is -0.115. The van der Waals surface area contributed by atoms with E-state index in [0.717, 1.165) is 15.7 Å². The standard InChI is InChI=1S/C10H13BrN2O/c1-7-4-3-5-8(10(7)11)13-9(14)6-12-2/h3-5,12H,6H2,1-2H3,(H,13,14). The monoisotopic (exact) mass is 256 g/mol. The summed E-state index contributed by atoms with van der Waals surface area (Å²) in [6, 6.07) is 5.76. The third kappa shape index (κ3) is 2.82. The van der Waals surface area contributed by atoms with E-state index in [2.05, 4.69) is 26.6 Å². The van der Waals surface area contributed by atoms with Gasteiger partial charge in [-0.2, -0.15) is 0 Å². The summed E-state index contributed by atoms with van der Waals surface area (Å²) >= 11 is 3.42. The maximum Gasteiger partial charge on any atom is 0.238 e. The smallest absolute Gasteiger partial charge is 0.238 e. The normalized spacial score (nSPS) is 9.93. The number of carbonyl (C=O) groups is 1. The highest BCUT2D eigenvalue weighted by atomic mass is 79.9. The van der Waals surface area contributed by atoms with Crippen molar-refractivity contribution in [1.82, 2.24) is 5.32 Å². The van der Waals surface area contributed by atoms with Crippen LogP contribution in [0.2, 0.25) is 0 Å². The largest absolute Gasteiger partial charge is 0.324 e. The molecule has 0 unspecified atom stereocenters. The van der Waals surface area contributed by atoms with Gasteiger partial charge in [0.1, 0.15) is 0 Å². The van der Waals surface area contributed by atoms with Gasteiger partial charge in [-0.05, 0) is 41.5 Å². The van der Waals surface area contributed by atoms with Crippen molar-refractivity contribution in [2.75, 3.05) is 18.9 Å². The number of rotatable bonds is 3. The zero-order valence-corrected chi connectivity index (χ0v) is 9.81. The van der Waals surface area contributed by atoms with Crippen LogP contribution in [0.15, 0.2) is 22.7 Å². The highest BCUT2D eigenvalue weighted by Crippen LogP contribution is 2.25. The molecule has 0 aromatic heterocycles. The van der Waals surface area contributed by atoms with Crippen molar-refractivity contribution in [3.63, 3.8) is 0 Å². The van der Waals surface area contributed by atoms with Crippen LogP contribution >= 0.6 is 15.9 Å². The molecule has 0 atom stereocenters. The Balaban J connectivity index is 2.76. The molecule has 0 spiro atoms. The highest BCUT2D eigenvalue weighted by Gasteiger charge is 2.05. The lowest BCUT2D eigenvalue weighted by atomic mass is 10.2. The van der Waals surface area contributed by atoms with E-state index in [1.54, 1.807) is 7.05 Å². The van der Waals surface area contributed by atoms with Crippen LogP contribution in [0.25, 0.3) is 0 Å². The number of carbonyl (C=O) groups excluding carboxylic acids is 1. The molecule has 0 saturated heterocycles. The van der Waals surface area contributed by atoms with Gasteiger partial charge in [0.2, 0.25) is 5.91 Å². The second kappa shape index (κ2) is 5.12. The van der Waals surface area contributed by atoms with Crippen molar-refractivity contribution in [2.45, 2.75) is 6.92 Å². The Morgan fingerprint density at radius 3 is 2.86 bits per heavy atom. The van der Waals surface area contributed by atoms with E-state index in [4.69, 9.17) is 0 Å². The van der Waals surface area contributed by atoms with E-state index < -0.39 is 0 Å². The summed E-state index contributed by atoms with van der Waals surface area (Å²) in [7, 11) is 1.74. The summed E-state index contributed by atoms with van der Waals surface area (Å²) in [5.41, 5.74) is 1.91. The summed E-state index contributed by atoms with van der Waals surface area (Å²) < 4.78 is 0.935. The third-order valence-corrected chi connectivity index (χ3v) is 2.86. The number of benzene rings is 1. The summed E-state index contributed by atoms with van der Waals surface area (Å²) in [5, 5.41) is 5.60. The average molecular weight is 257 g/mol.